The summed E-state index contributed by atoms with van der Waals surface area (Å²) >= 11 is 0.845. The highest BCUT2D eigenvalue weighted by Gasteiger charge is 2.36. The van der Waals surface area contributed by atoms with Crippen molar-refractivity contribution in [2.75, 3.05) is 19.7 Å². The molecule has 0 radical (unpaired) electrons. The average molecular weight is 372 g/mol. The Hall–Kier alpha value is -2.38. The number of nitrogens with one attached hydrogen (secondary N) is 1. The standard InChI is InChI=1S/C19H20N2O4S/c22-17(20-12-15-9-5-11-25-15)13-21-18(23)16(26-19(21)24)10-4-8-14-6-2-1-3-7-14/h1-4,6-8,10,15H,5,9,11-13H2,(H,20,22)/b8-4+,16-10-/t15-/m0/s1. The third-order valence-corrected chi connectivity index (χ3v) is 4.99. The number of ether oxygens (including phenoxy) is 1. The van der Waals surface area contributed by atoms with E-state index in [1.54, 1.807) is 12.2 Å². The maximum atomic E-state index is 12.3. The van der Waals surface area contributed by atoms with Gasteiger partial charge in [-0.25, -0.2) is 0 Å². The SMILES string of the molecule is O=C(CN1C(=O)S/C(=C\C=C\c2ccccc2)C1=O)NC[C@@H]1CCCO1. The molecule has 136 valence electrons. The van der Waals surface area contributed by atoms with Gasteiger partial charge >= 0.3 is 0 Å². The van der Waals surface area contributed by atoms with E-state index in [2.05, 4.69) is 5.32 Å². The minimum atomic E-state index is -0.440. The Morgan fingerprint density at radius 2 is 2.12 bits per heavy atom. The van der Waals surface area contributed by atoms with Crippen molar-refractivity contribution in [3.05, 3.63) is 53.0 Å². The highest BCUT2D eigenvalue weighted by atomic mass is 32.2. The third kappa shape index (κ3) is 4.83. The van der Waals surface area contributed by atoms with Gasteiger partial charge in [-0.15, -0.1) is 0 Å². The lowest BCUT2D eigenvalue weighted by atomic mass is 10.2. The largest absolute Gasteiger partial charge is 0.376 e. The lowest BCUT2D eigenvalue weighted by molar-refractivity contribution is -0.129. The van der Waals surface area contributed by atoms with E-state index in [9.17, 15) is 14.4 Å². The first kappa shape index (κ1) is 18.4. The van der Waals surface area contributed by atoms with Gasteiger partial charge in [-0.3, -0.25) is 19.3 Å². The van der Waals surface area contributed by atoms with Gasteiger partial charge in [0.15, 0.2) is 0 Å². The van der Waals surface area contributed by atoms with Crippen molar-refractivity contribution in [2.24, 2.45) is 0 Å². The van der Waals surface area contributed by atoms with Crippen LogP contribution in [0.2, 0.25) is 0 Å². The van der Waals surface area contributed by atoms with E-state index in [1.165, 1.54) is 0 Å². The molecule has 7 heteroatoms. The molecule has 2 aliphatic rings. The van der Waals surface area contributed by atoms with Crippen LogP contribution in [0.5, 0.6) is 0 Å². The predicted octanol–water partition coefficient (Wildman–Crippen LogP) is 2.57. The van der Waals surface area contributed by atoms with Gasteiger partial charge in [-0.2, -0.15) is 0 Å². The number of benzene rings is 1. The molecule has 1 atom stereocenters. The van der Waals surface area contributed by atoms with Crippen LogP contribution in [0.4, 0.5) is 4.79 Å². The Labute approximate surface area is 156 Å². The minimum Gasteiger partial charge on any atom is -0.376 e. The summed E-state index contributed by atoms with van der Waals surface area (Å²) in [5.41, 5.74) is 0.997. The molecule has 2 heterocycles. The lowest BCUT2D eigenvalue weighted by Crippen LogP contribution is -2.41. The maximum Gasteiger partial charge on any atom is 0.294 e. The van der Waals surface area contributed by atoms with Crippen molar-refractivity contribution in [3.63, 3.8) is 0 Å². The number of hydrogen-bond donors (Lipinski definition) is 1. The van der Waals surface area contributed by atoms with Crippen LogP contribution in [0.3, 0.4) is 0 Å². The molecular weight excluding hydrogens is 352 g/mol. The Morgan fingerprint density at radius 3 is 2.85 bits per heavy atom. The fourth-order valence-corrected chi connectivity index (χ4v) is 3.48. The number of imide groups is 1. The Bertz CT molecular complexity index is 739. The zero-order valence-corrected chi connectivity index (χ0v) is 15.0. The van der Waals surface area contributed by atoms with Crippen LogP contribution in [0, 0.1) is 0 Å². The smallest absolute Gasteiger partial charge is 0.294 e. The molecule has 3 rings (SSSR count). The van der Waals surface area contributed by atoms with Crippen LogP contribution < -0.4 is 5.32 Å². The summed E-state index contributed by atoms with van der Waals surface area (Å²) < 4.78 is 5.43. The summed E-state index contributed by atoms with van der Waals surface area (Å²) in [6, 6.07) is 9.64. The van der Waals surface area contributed by atoms with Crippen molar-refractivity contribution in [3.8, 4) is 0 Å². The van der Waals surface area contributed by atoms with E-state index in [4.69, 9.17) is 4.74 Å². The van der Waals surface area contributed by atoms with E-state index >= 15 is 0 Å². The summed E-state index contributed by atoms with van der Waals surface area (Å²) in [6.07, 6.45) is 7.11. The van der Waals surface area contributed by atoms with Gasteiger partial charge in [0.1, 0.15) is 6.54 Å². The first-order chi connectivity index (χ1) is 12.6. The molecule has 0 bridgehead atoms. The second kappa shape index (κ2) is 8.82. The summed E-state index contributed by atoms with van der Waals surface area (Å²) in [6.45, 7) is 0.854. The van der Waals surface area contributed by atoms with Gasteiger partial charge < -0.3 is 10.1 Å². The first-order valence-electron chi connectivity index (χ1n) is 8.49. The molecule has 0 aromatic heterocycles. The molecule has 0 aliphatic carbocycles. The first-order valence-corrected chi connectivity index (χ1v) is 9.30. The molecule has 26 heavy (non-hydrogen) atoms. The summed E-state index contributed by atoms with van der Waals surface area (Å²) in [5, 5.41) is 2.29. The van der Waals surface area contributed by atoms with Crippen molar-refractivity contribution in [1.82, 2.24) is 10.2 Å². The quantitative estimate of drug-likeness (QED) is 0.777. The Kier molecular flexibility index (Phi) is 6.25. The molecule has 0 spiro atoms. The molecule has 1 aromatic carbocycles. The van der Waals surface area contributed by atoms with E-state index in [-0.39, 0.29) is 18.6 Å². The van der Waals surface area contributed by atoms with Gasteiger partial charge in [-0.1, -0.05) is 42.5 Å². The average Bonchev–Trinajstić information content (AvgIpc) is 3.25. The van der Waals surface area contributed by atoms with Crippen LogP contribution >= 0.6 is 11.8 Å². The van der Waals surface area contributed by atoms with E-state index < -0.39 is 11.1 Å². The predicted molar refractivity (Wildman–Crippen MR) is 100 cm³/mol. The number of carbonyl (C=O) groups is 3. The number of thioether (sulfide) groups is 1. The fourth-order valence-electron chi connectivity index (χ4n) is 2.69. The minimum absolute atomic E-state index is 0.0249. The van der Waals surface area contributed by atoms with E-state index in [0.717, 1.165) is 35.1 Å². The van der Waals surface area contributed by atoms with Crippen molar-refractivity contribution < 1.29 is 19.1 Å². The lowest BCUT2D eigenvalue weighted by Gasteiger charge is -2.14. The molecule has 2 aliphatic heterocycles. The number of allylic oxidation sites excluding steroid dienone is 2. The van der Waals surface area contributed by atoms with Crippen LogP contribution in [0.15, 0.2) is 47.4 Å². The van der Waals surface area contributed by atoms with Crippen molar-refractivity contribution >= 4 is 34.9 Å². The molecule has 2 saturated heterocycles. The number of hydrogen-bond acceptors (Lipinski definition) is 5. The monoisotopic (exact) mass is 372 g/mol. The number of carbonyl (C=O) groups excluding carboxylic acids is 3. The summed E-state index contributed by atoms with van der Waals surface area (Å²) in [5.74, 6) is -0.797. The van der Waals surface area contributed by atoms with E-state index in [0.29, 0.717) is 18.1 Å². The van der Waals surface area contributed by atoms with Gasteiger partial charge in [0, 0.05) is 13.2 Å². The molecule has 0 saturated carbocycles. The molecule has 2 fully saturated rings. The zero-order chi connectivity index (χ0) is 18.4. The van der Waals surface area contributed by atoms with Crippen molar-refractivity contribution in [1.29, 1.82) is 0 Å². The normalized spacial score (nSPS) is 21.9. The fraction of sp³-hybridized carbons (Fsp3) is 0.316. The van der Waals surface area contributed by atoms with Gasteiger partial charge in [0.25, 0.3) is 11.1 Å². The molecule has 3 amide bonds. The van der Waals surface area contributed by atoms with Crippen LogP contribution in [0.1, 0.15) is 18.4 Å². The Balaban J connectivity index is 1.53. The highest BCUT2D eigenvalue weighted by molar-refractivity contribution is 8.18. The Morgan fingerprint density at radius 1 is 1.31 bits per heavy atom. The zero-order valence-electron chi connectivity index (χ0n) is 14.2. The van der Waals surface area contributed by atoms with Gasteiger partial charge in [-0.05, 0) is 36.2 Å². The molecule has 1 aromatic rings. The topological polar surface area (TPSA) is 75.7 Å². The molecule has 0 unspecified atom stereocenters. The summed E-state index contributed by atoms with van der Waals surface area (Å²) in [4.78, 5) is 37.6. The second-order valence-corrected chi connectivity index (χ2v) is 6.99. The summed E-state index contributed by atoms with van der Waals surface area (Å²) in [7, 11) is 0. The number of nitrogens with zero attached hydrogens (tertiary/aromatic N) is 1. The van der Waals surface area contributed by atoms with Crippen LogP contribution in [0.25, 0.3) is 6.08 Å². The highest BCUT2D eigenvalue weighted by Crippen LogP contribution is 2.30. The molecule has 1 N–H and O–H groups in total. The van der Waals surface area contributed by atoms with E-state index in [1.807, 2.05) is 36.4 Å². The third-order valence-electron chi connectivity index (χ3n) is 4.06. The van der Waals surface area contributed by atoms with Gasteiger partial charge in [0.2, 0.25) is 5.91 Å². The molecule has 6 nitrogen and oxygen atoms in total. The van der Waals surface area contributed by atoms with Crippen LogP contribution in [-0.4, -0.2) is 47.8 Å². The number of amides is 3. The van der Waals surface area contributed by atoms with Crippen molar-refractivity contribution in [2.45, 2.75) is 18.9 Å². The van der Waals surface area contributed by atoms with Crippen LogP contribution in [-0.2, 0) is 14.3 Å². The number of rotatable bonds is 6. The van der Waals surface area contributed by atoms with Gasteiger partial charge in [0.05, 0.1) is 11.0 Å². The molecular formula is C19H20N2O4S. The second-order valence-electron chi connectivity index (χ2n) is 6.00. The maximum absolute atomic E-state index is 12.3.